The quantitative estimate of drug-likeness (QED) is 0.715. The lowest BCUT2D eigenvalue weighted by atomic mass is 9.87. The number of nitrogens with one attached hydrogen (secondary N) is 1. The number of hydrogen-bond donors (Lipinski definition) is 1. The number of nitrogens with zero attached hydrogens (tertiary/aromatic N) is 2. The zero-order valence-electron chi connectivity index (χ0n) is 17.7. The summed E-state index contributed by atoms with van der Waals surface area (Å²) in [6.45, 7) is 1.55. The first-order chi connectivity index (χ1) is 14.9. The van der Waals surface area contributed by atoms with Crippen molar-refractivity contribution in [3.05, 3.63) is 70.2 Å². The summed E-state index contributed by atoms with van der Waals surface area (Å²) < 4.78 is 0. The molecule has 4 amide bonds. The SMILES string of the molecule is CCC1(c2ccc(Cl)cc2)NC(=O)N(CC(=O)N(C)C2CCCc3ccccc32)C1=O. The van der Waals surface area contributed by atoms with Crippen LogP contribution in [0.5, 0.6) is 0 Å². The van der Waals surface area contributed by atoms with Crippen molar-refractivity contribution in [1.82, 2.24) is 15.1 Å². The van der Waals surface area contributed by atoms with E-state index in [0.29, 0.717) is 17.0 Å². The van der Waals surface area contributed by atoms with Gasteiger partial charge in [-0.2, -0.15) is 0 Å². The Kier molecular flexibility index (Phi) is 5.75. The lowest BCUT2D eigenvalue weighted by Gasteiger charge is -2.34. The second-order valence-electron chi connectivity index (χ2n) is 8.20. The molecular formula is C24H26ClN3O3. The normalized spacial score (nSPS) is 22.8. The fourth-order valence-corrected chi connectivity index (χ4v) is 4.82. The van der Waals surface area contributed by atoms with E-state index in [9.17, 15) is 14.4 Å². The molecule has 6 nitrogen and oxygen atoms in total. The minimum atomic E-state index is -1.18. The van der Waals surface area contributed by atoms with E-state index in [0.717, 1.165) is 29.7 Å². The molecule has 31 heavy (non-hydrogen) atoms. The number of urea groups is 1. The highest BCUT2D eigenvalue weighted by Gasteiger charge is 2.51. The Bertz CT molecular complexity index is 1020. The van der Waals surface area contributed by atoms with E-state index in [2.05, 4.69) is 17.4 Å². The minimum absolute atomic E-state index is 0.0505. The summed E-state index contributed by atoms with van der Waals surface area (Å²) in [6.07, 6.45) is 3.23. The van der Waals surface area contributed by atoms with Crippen LogP contribution in [0, 0.1) is 0 Å². The van der Waals surface area contributed by atoms with Gasteiger partial charge in [0.25, 0.3) is 5.91 Å². The summed E-state index contributed by atoms with van der Waals surface area (Å²) in [6, 6.07) is 14.4. The summed E-state index contributed by atoms with van der Waals surface area (Å²) >= 11 is 5.98. The van der Waals surface area contributed by atoms with Crippen LogP contribution in [-0.2, 0) is 21.5 Å². The molecule has 162 valence electrons. The number of aryl methyl sites for hydroxylation is 1. The molecule has 4 rings (SSSR count). The predicted molar refractivity (Wildman–Crippen MR) is 119 cm³/mol. The summed E-state index contributed by atoms with van der Waals surface area (Å²) in [5.74, 6) is -0.665. The van der Waals surface area contributed by atoms with Gasteiger partial charge in [-0.3, -0.25) is 14.5 Å². The fourth-order valence-electron chi connectivity index (χ4n) is 4.69. The van der Waals surface area contributed by atoms with Crippen LogP contribution in [0.25, 0.3) is 0 Å². The molecule has 0 aromatic heterocycles. The maximum atomic E-state index is 13.3. The molecule has 1 heterocycles. The Labute approximate surface area is 187 Å². The van der Waals surface area contributed by atoms with E-state index in [1.54, 1.807) is 36.2 Å². The molecule has 1 aliphatic carbocycles. The molecule has 2 unspecified atom stereocenters. The van der Waals surface area contributed by atoms with Gasteiger partial charge in [-0.15, -0.1) is 0 Å². The van der Waals surface area contributed by atoms with Crippen LogP contribution in [0.1, 0.15) is 48.9 Å². The van der Waals surface area contributed by atoms with Crippen LogP contribution >= 0.6 is 11.6 Å². The van der Waals surface area contributed by atoms with Gasteiger partial charge in [-0.25, -0.2) is 4.79 Å². The van der Waals surface area contributed by atoms with Gasteiger partial charge in [-0.1, -0.05) is 54.9 Å². The molecule has 0 bridgehead atoms. The van der Waals surface area contributed by atoms with Gasteiger partial charge in [-0.05, 0) is 54.5 Å². The highest BCUT2D eigenvalue weighted by atomic mass is 35.5. The van der Waals surface area contributed by atoms with Crippen LogP contribution in [-0.4, -0.2) is 41.2 Å². The Morgan fingerprint density at radius 3 is 2.61 bits per heavy atom. The maximum Gasteiger partial charge on any atom is 0.325 e. The largest absolute Gasteiger partial charge is 0.337 e. The van der Waals surface area contributed by atoms with Crippen LogP contribution in [0.2, 0.25) is 5.02 Å². The average Bonchev–Trinajstić information content (AvgIpc) is 3.03. The molecule has 2 atom stereocenters. The second-order valence-corrected chi connectivity index (χ2v) is 8.64. The zero-order chi connectivity index (χ0) is 22.2. The topological polar surface area (TPSA) is 69.7 Å². The van der Waals surface area contributed by atoms with Crippen molar-refractivity contribution in [3.8, 4) is 0 Å². The molecule has 2 aromatic rings. The Balaban J connectivity index is 1.54. The molecular weight excluding hydrogens is 414 g/mol. The third-order valence-electron chi connectivity index (χ3n) is 6.54. The highest BCUT2D eigenvalue weighted by molar-refractivity contribution is 6.30. The smallest absolute Gasteiger partial charge is 0.325 e. The van der Waals surface area contributed by atoms with Crippen LogP contribution in [0.4, 0.5) is 4.79 Å². The first kappa shape index (κ1) is 21.4. The number of benzene rings is 2. The van der Waals surface area contributed by atoms with Crippen molar-refractivity contribution < 1.29 is 14.4 Å². The van der Waals surface area contributed by atoms with Crippen molar-refractivity contribution in [3.63, 3.8) is 0 Å². The molecule has 2 aliphatic rings. The summed E-state index contributed by atoms with van der Waals surface area (Å²) in [4.78, 5) is 41.9. The number of likely N-dealkylation sites (N-methyl/N-ethyl adjacent to an activating group) is 1. The average molecular weight is 440 g/mol. The van der Waals surface area contributed by atoms with Crippen molar-refractivity contribution >= 4 is 29.4 Å². The Morgan fingerprint density at radius 1 is 1.19 bits per heavy atom. The zero-order valence-corrected chi connectivity index (χ0v) is 18.5. The molecule has 1 fully saturated rings. The molecule has 0 radical (unpaired) electrons. The fraction of sp³-hybridized carbons (Fsp3) is 0.375. The van der Waals surface area contributed by atoms with Crippen molar-refractivity contribution in [2.75, 3.05) is 13.6 Å². The monoisotopic (exact) mass is 439 g/mol. The first-order valence-corrected chi connectivity index (χ1v) is 11.0. The summed E-state index contributed by atoms with van der Waals surface area (Å²) in [5, 5.41) is 3.37. The third-order valence-corrected chi connectivity index (χ3v) is 6.79. The van der Waals surface area contributed by atoms with Gasteiger partial charge in [0.1, 0.15) is 12.1 Å². The molecule has 1 N–H and O–H groups in total. The molecule has 1 aliphatic heterocycles. The lowest BCUT2D eigenvalue weighted by Crippen LogP contribution is -2.45. The molecule has 0 spiro atoms. The van der Waals surface area contributed by atoms with Crippen molar-refractivity contribution in [2.24, 2.45) is 0 Å². The Hall–Kier alpha value is -2.86. The van der Waals surface area contributed by atoms with Crippen LogP contribution in [0.3, 0.4) is 0 Å². The summed E-state index contributed by atoms with van der Waals surface area (Å²) in [7, 11) is 1.75. The highest BCUT2D eigenvalue weighted by Crippen LogP contribution is 2.35. The molecule has 0 saturated carbocycles. The lowest BCUT2D eigenvalue weighted by molar-refractivity contribution is -0.140. The van der Waals surface area contributed by atoms with Gasteiger partial charge in [0.05, 0.1) is 6.04 Å². The maximum absolute atomic E-state index is 13.3. The van der Waals surface area contributed by atoms with E-state index >= 15 is 0 Å². The van der Waals surface area contributed by atoms with Gasteiger partial charge in [0, 0.05) is 12.1 Å². The molecule has 2 aromatic carbocycles. The van der Waals surface area contributed by atoms with Gasteiger partial charge in [0.2, 0.25) is 5.91 Å². The number of rotatable bonds is 5. The number of halogens is 1. The molecule has 1 saturated heterocycles. The van der Waals surface area contributed by atoms with Crippen molar-refractivity contribution in [2.45, 2.75) is 44.2 Å². The number of fused-ring (bicyclic) bond motifs is 1. The van der Waals surface area contributed by atoms with Crippen LogP contribution < -0.4 is 5.32 Å². The van der Waals surface area contributed by atoms with Crippen molar-refractivity contribution in [1.29, 1.82) is 0 Å². The van der Waals surface area contributed by atoms with E-state index in [1.807, 2.05) is 19.1 Å². The number of imide groups is 1. The molecule has 7 heteroatoms. The van der Waals surface area contributed by atoms with E-state index in [-0.39, 0.29) is 18.5 Å². The standard InChI is InChI=1S/C24H26ClN3O3/c1-3-24(17-11-13-18(25)14-12-17)22(30)28(23(31)26-24)15-21(29)27(2)20-10-6-8-16-7-4-5-9-19(16)20/h4-5,7,9,11-14,20H,3,6,8,10,15H2,1-2H3,(H,26,31). The number of amides is 4. The number of carbonyl (C=O) groups is 3. The Morgan fingerprint density at radius 2 is 1.90 bits per heavy atom. The van der Waals surface area contributed by atoms with E-state index in [1.165, 1.54) is 5.56 Å². The second kappa shape index (κ2) is 8.35. The number of hydrogen-bond acceptors (Lipinski definition) is 3. The van der Waals surface area contributed by atoms with Gasteiger partial charge in [0.15, 0.2) is 0 Å². The van der Waals surface area contributed by atoms with Gasteiger partial charge < -0.3 is 10.2 Å². The first-order valence-electron chi connectivity index (χ1n) is 10.6. The predicted octanol–water partition coefficient (Wildman–Crippen LogP) is 4.03. The van der Waals surface area contributed by atoms with Gasteiger partial charge >= 0.3 is 6.03 Å². The van der Waals surface area contributed by atoms with E-state index in [4.69, 9.17) is 11.6 Å². The minimum Gasteiger partial charge on any atom is -0.337 e. The summed E-state index contributed by atoms with van der Waals surface area (Å²) in [5.41, 5.74) is 1.87. The van der Waals surface area contributed by atoms with Crippen LogP contribution in [0.15, 0.2) is 48.5 Å². The number of carbonyl (C=O) groups excluding carboxylic acids is 3. The van der Waals surface area contributed by atoms with E-state index < -0.39 is 17.5 Å². The third kappa shape index (κ3) is 3.69.